The van der Waals surface area contributed by atoms with Crippen molar-refractivity contribution in [3.63, 3.8) is 0 Å². The fourth-order valence-corrected chi connectivity index (χ4v) is 2.09. The molecule has 0 bridgehead atoms. The van der Waals surface area contributed by atoms with Gasteiger partial charge in [0.2, 0.25) is 0 Å². The molecule has 18 heavy (non-hydrogen) atoms. The van der Waals surface area contributed by atoms with Gasteiger partial charge in [-0.05, 0) is 34.1 Å². The van der Waals surface area contributed by atoms with E-state index in [9.17, 15) is 8.42 Å². The van der Waals surface area contributed by atoms with Crippen LogP contribution in [0.3, 0.4) is 0 Å². The normalized spacial score (nSPS) is 11.2. The second-order valence-corrected chi connectivity index (χ2v) is 6.46. The Morgan fingerprint density at radius 2 is 1.89 bits per heavy atom. The molecule has 0 atom stereocenters. The van der Waals surface area contributed by atoms with Gasteiger partial charge in [0, 0.05) is 18.6 Å². The number of rotatable bonds is 3. The third-order valence-corrected chi connectivity index (χ3v) is 3.56. The molecule has 7 heteroatoms. The molecule has 0 spiro atoms. The third-order valence-electron chi connectivity index (χ3n) is 2.04. The zero-order chi connectivity index (χ0) is 13.2. The quantitative estimate of drug-likeness (QED) is 0.865. The number of hydrogen-bond acceptors (Lipinski definition) is 5. The minimum atomic E-state index is -3.25. The first-order chi connectivity index (χ1) is 8.45. The predicted octanol–water partition coefficient (Wildman–Crippen LogP) is 2.43. The standard InChI is InChI=1S/C11H9BrN2O3S/c1-18(15,16)10-4-2-3-9(5-10)17-11-13-6-8(12)7-14-11/h2-7H,1H3. The first-order valence-corrected chi connectivity index (χ1v) is 7.59. The van der Waals surface area contributed by atoms with Crippen LogP contribution in [-0.2, 0) is 9.84 Å². The summed E-state index contributed by atoms with van der Waals surface area (Å²) in [7, 11) is -3.25. The first-order valence-electron chi connectivity index (χ1n) is 4.91. The van der Waals surface area contributed by atoms with Crippen molar-refractivity contribution in [3.05, 3.63) is 41.1 Å². The van der Waals surface area contributed by atoms with E-state index in [1.165, 1.54) is 12.1 Å². The highest BCUT2D eigenvalue weighted by Gasteiger charge is 2.08. The molecule has 0 unspecified atom stereocenters. The molecule has 0 aliphatic carbocycles. The van der Waals surface area contributed by atoms with Crippen LogP contribution < -0.4 is 4.74 Å². The van der Waals surface area contributed by atoms with Gasteiger partial charge in [-0.25, -0.2) is 18.4 Å². The summed E-state index contributed by atoms with van der Waals surface area (Å²) in [4.78, 5) is 8.06. The van der Waals surface area contributed by atoms with Crippen LogP contribution in [0.15, 0.2) is 46.0 Å². The molecule has 0 aliphatic rings. The molecule has 0 radical (unpaired) electrons. The van der Waals surface area contributed by atoms with Crippen molar-refractivity contribution in [3.8, 4) is 11.8 Å². The van der Waals surface area contributed by atoms with Crippen LogP contribution in [0.1, 0.15) is 0 Å². The highest BCUT2D eigenvalue weighted by atomic mass is 79.9. The molecule has 0 aliphatic heterocycles. The molecule has 0 saturated heterocycles. The molecule has 2 rings (SSSR count). The Morgan fingerprint density at radius 3 is 2.50 bits per heavy atom. The Morgan fingerprint density at radius 1 is 1.22 bits per heavy atom. The van der Waals surface area contributed by atoms with Crippen LogP contribution in [0, 0.1) is 0 Å². The van der Waals surface area contributed by atoms with E-state index in [1.54, 1.807) is 24.5 Å². The van der Waals surface area contributed by atoms with Crippen LogP contribution >= 0.6 is 15.9 Å². The second-order valence-electron chi connectivity index (χ2n) is 3.53. The fraction of sp³-hybridized carbons (Fsp3) is 0.0909. The van der Waals surface area contributed by atoms with Gasteiger partial charge in [-0.3, -0.25) is 0 Å². The van der Waals surface area contributed by atoms with Gasteiger partial charge < -0.3 is 4.74 Å². The highest BCUT2D eigenvalue weighted by Crippen LogP contribution is 2.21. The molecule has 5 nitrogen and oxygen atoms in total. The zero-order valence-corrected chi connectivity index (χ0v) is 11.8. The second kappa shape index (κ2) is 5.03. The number of sulfone groups is 1. The summed E-state index contributed by atoms with van der Waals surface area (Å²) in [5, 5.41) is 0. The van der Waals surface area contributed by atoms with Crippen molar-refractivity contribution in [2.24, 2.45) is 0 Å². The molecule has 1 aromatic heterocycles. The lowest BCUT2D eigenvalue weighted by molar-refractivity contribution is 0.440. The minimum absolute atomic E-state index is 0.156. The average Bonchev–Trinajstić information content (AvgIpc) is 2.31. The van der Waals surface area contributed by atoms with Crippen molar-refractivity contribution < 1.29 is 13.2 Å². The van der Waals surface area contributed by atoms with E-state index in [0.717, 1.165) is 10.7 Å². The van der Waals surface area contributed by atoms with Crippen LogP contribution in [-0.4, -0.2) is 24.6 Å². The maximum Gasteiger partial charge on any atom is 0.321 e. The molecular weight excluding hydrogens is 320 g/mol. The number of benzene rings is 1. The van der Waals surface area contributed by atoms with Gasteiger partial charge >= 0.3 is 6.01 Å². The zero-order valence-electron chi connectivity index (χ0n) is 9.37. The Hall–Kier alpha value is -1.47. The van der Waals surface area contributed by atoms with Gasteiger partial charge in [0.25, 0.3) is 0 Å². The summed E-state index contributed by atoms with van der Waals surface area (Å²) in [6.45, 7) is 0. The number of ether oxygens (including phenoxy) is 1. The van der Waals surface area contributed by atoms with Gasteiger partial charge in [-0.1, -0.05) is 6.07 Å². The lowest BCUT2D eigenvalue weighted by atomic mass is 10.3. The van der Waals surface area contributed by atoms with Crippen molar-refractivity contribution in [1.29, 1.82) is 0 Å². The van der Waals surface area contributed by atoms with Crippen LogP contribution in [0.2, 0.25) is 0 Å². The van der Waals surface area contributed by atoms with Crippen molar-refractivity contribution in [2.75, 3.05) is 6.26 Å². The van der Waals surface area contributed by atoms with Crippen LogP contribution in [0.5, 0.6) is 11.8 Å². The molecule has 0 amide bonds. The third kappa shape index (κ3) is 3.27. The maximum atomic E-state index is 11.4. The molecule has 1 heterocycles. The van der Waals surface area contributed by atoms with Crippen LogP contribution in [0.25, 0.3) is 0 Å². The number of aromatic nitrogens is 2. The maximum absolute atomic E-state index is 11.4. The van der Waals surface area contributed by atoms with E-state index in [4.69, 9.17) is 4.74 Å². The molecule has 0 N–H and O–H groups in total. The minimum Gasteiger partial charge on any atom is -0.424 e. The molecule has 0 saturated carbocycles. The monoisotopic (exact) mass is 328 g/mol. The average molecular weight is 329 g/mol. The van der Waals surface area contributed by atoms with Gasteiger partial charge in [-0.15, -0.1) is 0 Å². The van der Waals surface area contributed by atoms with Crippen molar-refractivity contribution >= 4 is 25.8 Å². The van der Waals surface area contributed by atoms with E-state index in [1.807, 2.05) is 0 Å². The highest BCUT2D eigenvalue weighted by molar-refractivity contribution is 9.10. The fourth-order valence-electron chi connectivity index (χ4n) is 1.23. The van der Waals surface area contributed by atoms with Gasteiger partial charge in [0.15, 0.2) is 9.84 Å². The van der Waals surface area contributed by atoms with E-state index < -0.39 is 9.84 Å². The molecule has 2 aromatic rings. The van der Waals surface area contributed by atoms with Crippen molar-refractivity contribution in [1.82, 2.24) is 9.97 Å². The summed E-state index contributed by atoms with van der Waals surface area (Å²) in [5.74, 6) is 0.375. The van der Waals surface area contributed by atoms with Gasteiger partial charge in [-0.2, -0.15) is 0 Å². The Balaban J connectivity index is 2.27. The molecule has 94 valence electrons. The van der Waals surface area contributed by atoms with Gasteiger partial charge in [0.1, 0.15) is 5.75 Å². The molecule has 1 aromatic carbocycles. The van der Waals surface area contributed by atoms with E-state index in [2.05, 4.69) is 25.9 Å². The molecule has 0 fully saturated rings. The Labute approximate surface area is 113 Å². The predicted molar refractivity (Wildman–Crippen MR) is 69.4 cm³/mol. The lowest BCUT2D eigenvalue weighted by Gasteiger charge is -2.05. The summed E-state index contributed by atoms with van der Waals surface area (Å²) in [6.07, 6.45) is 4.23. The van der Waals surface area contributed by atoms with E-state index in [-0.39, 0.29) is 10.9 Å². The summed E-state index contributed by atoms with van der Waals surface area (Å²) in [5.41, 5.74) is 0. The topological polar surface area (TPSA) is 69.2 Å². The van der Waals surface area contributed by atoms with E-state index >= 15 is 0 Å². The Kier molecular flexibility index (Phi) is 3.63. The molecular formula is C11H9BrN2O3S. The summed E-state index contributed by atoms with van der Waals surface area (Å²) in [6, 6.07) is 6.33. The Bertz CT molecular complexity index is 656. The SMILES string of the molecule is CS(=O)(=O)c1cccc(Oc2ncc(Br)cn2)c1. The van der Waals surface area contributed by atoms with Crippen LogP contribution in [0.4, 0.5) is 0 Å². The lowest BCUT2D eigenvalue weighted by Crippen LogP contribution is -1.97. The smallest absolute Gasteiger partial charge is 0.321 e. The summed E-state index contributed by atoms with van der Waals surface area (Å²) < 4.78 is 28.9. The first kappa shape index (κ1) is 13.0. The van der Waals surface area contributed by atoms with E-state index in [0.29, 0.717) is 5.75 Å². The number of hydrogen-bond donors (Lipinski definition) is 0. The number of halogens is 1. The van der Waals surface area contributed by atoms with Gasteiger partial charge in [0.05, 0.1) is 9.37 Å². The largest absolute Gasteiger partial charge is 0.424 e. The number of nitrogens with zero attached hydrogens (tertiary/aromatic N) is 2. The summed E-state index contributed by atoms with van der Waals surface area (Å²) >= 11 is 3.21. The van der Waals surface area contributed by atoms with Crippen molar-refractivity contribution in [2.45, 2.75) is 4.90 Å².